The third-order valence-corrected chi connectivity index (χ3v) is 2.72. The maximum atomic E-state index is 11.9. The van der Waals surface area contributed by atoms with Crippen molar-refractivity contribution >= 4 is 17.3 Å². The second kappa shape index (κ2) is 5.87. The molecule has 0 radical (unpaired) electrons. The molecule has 1 rings (SSSR count). The second-order valence-corrected chi connectivity index (χ2v) is 4.66. The van der Waals surface area contributed by atoms with Gasteiger partial charge in [-0.25, -0.2) is 4.68 Å². The van der Waals surface area contributed by atoms with Gasteiger partial charge in [-0.2, -0.15) is 5.10 Å². The lowest BCUT2D eigenvalue weighted by Gasteiger charge is -2.15. The Morgan fingerprint density at radius 2 is 2.24 bits per heavy atom. The van der Waals surface area contributed by atoms with Crippen molar-refractivity contribution in [3.8, 4) is 0 Å². The van der Waals surface area contributed by atoms with Crippen LogP contribution in [-0.4, -0.2) is 15.8 Å². The average molecular weight is 256 g/mol. The molecule has 17 heavy (non-hydrogen) atoms. The number of halogens is 1. The molecule has 1 aromatic heterocycles. The molecule has 5 heteroatoms. The summed E-state index contributed by atoms with van der Waals surface area (Å²) < 4.78 is 1.37. The lowest BCUT2D eigenvalue weighted by Crippen LogP contribution is -2.27. The number of rotatable bonds is 5. The molecule has 1 unspecified atom stereocenters. The maximum Gasteiger partial charge on any atom is 0.287 e. The fraction of sp³-hybridized carbons (Fsp3) is 0.500. The first kappa shape index (κ1) is 13.8. The monoisotopic (exact) mass is 255 g/mol. The number of anilines is 1. The van der Waals surface area contributed by atoms with E-state index >= 15 is 0 Å². The van der Waals surface area contributed by atoms with Gasteiger partial charge in [0.1, 0.15) is 5.02 Å². The van der Waals surface area contributed by atoms with Gasteiger partial charge in [-0.05, 0) is 27.2 Å². The van der Waals surface area contributed by atoms with Crippen LogP contribution in [0.4, 0.5) is 5.69 Å². The van der Waals surface area contributed by atoms with Gasteiger partial charge in [-0.15, -0.1) is 6.58 Å². The molecule has 0 amide bonds. The molecule has 1 aromatic rings. The molecule has 0 saturated carbocycles. The van der Waals surface area contributed by atoms with Crippen LogP contribution in [0, 0.1) is 0 Å². The van der Waals surface area contributed by atoms with Crippen LogP contribution in [0.2, 0.25) is 5.02 Å². The van der Waals surface area contributed by atoms with Crippen LogP contribution < -0.4 is 10.9 Å². The summed E-state index contributed by atoms with van der Waals surface area (Å²) in [5, 5.41) is 7.41. The summed E-state index contributed by atoms with van der Waals surface area (Å²) >= 11 is 6.03. The van der Waals surface area contributed by atoms with Gasteiger partial charge in [0.15, 0.2) is 0 Å². The zero-order chi connectivity index (χ0) is 13.0. The van der Waals surface area contributed by atoms with E-state index in [1.807, 2.05) is 26.8 Å². The Morgan fingerprint density at radius 3 is 2.76 bits per heavy atom. The molecular weight excluding hydrogens is 238 g/mol. The van der Waals surface area contributed by atoms with Crippen molar-refractivity contribution in [3.63, 3.8) is 0 Å². The topological polar surface area (TPSA) is 46.9 Å². The Balaban J connectivity index is 3.01. The Kier molecular flexibility index (Phi) is 4.75. The summed E-state index contributed by atoms with van der Waals surface area (Å²) in [6.45, 7) is 9.43. The normalized spacial score (nSPS) is 12.5. The van der Waals surface area contributed by atoms with Gasteiger partial charge in [0.2, 0.25) is 0 Å². The van der Waals surface area contributed by atoms with Crippen LogP contribution >= 0.6 is 11.6 Å². The van der Waals surface area contributed by atoms with Gasteiger partial charge >= 0.3 is 0 Å². The van der Waals surface area contributed by atoms with Gasteiger partial charge < -0.3 is 5.32 Å². The number of nitrogens with one attached hydrogen (secondary N) is 1. The van der Waals surface area contributed by atoms with E-state index in [1.54, 1.807) is 6.20 Å². The summed E-state index contributed by atoms with van der Waals surface area (Å²) in [5.74, 6) is 0. The van der Waals surface area contributed by atoms with E-state index in [4.69, 9.17) is 11.6 Å². The predicted molar refractivity (Wildman–Crippen MR) is 71.8 cm³/mol. The lowest BCUT2D eigenvalue weighted by molar-refractivity contribution is 0.503. The van der Waals surface area contributed by atoms with Crippen molar-refractivity contribution in [3.05, 3.63) is 34.2 Å². The number of hydrogen-bond donors (Lipinski definition) is 1. The van der Waals surface area contributed by atoms with Gasteiger partial charge in [0.05, 0.1) is 17.9 Å². The highest BCUT2D eigenvalue weighted by atomic mass is 35.5. The molecule has 94 valence electrons. The Labute approximate surface area is 106 Å². The van der Waals surface area contributed by atoms with Crippen LogP contribution in [0.1, 0.15) is 33.2 Å². The summed E-state index contributed by atoms with van der Waals surface area (Å²) in [5.41, 5.74) is 0.306. The van der Waals surface area contributed by atoms with E-state index in [2.05, 4.69) is 17.0 Å². The third kappa shape index (κ3) is 3.33. The molecule has 0 aliphatic heterocycles. The molecule has 0 saturated heterocycles. The molecule has 0 spiro atoms. The SMILES string of the molecule is C=CCC(C)Nc1cnn(C(C)C)c(=O)c1Cl. The minimum Gasteiger partial charge on any atom is -0.380 e. The number of aromatic nitrogens is 2. The van der Waals surface area contributed by atoms with Gasteiger partial charge in [-0.3, -0.25) is 4.79 Å². The van der Waals surface area contributed by atoms with Crippen molar-refractivity contribution in [2.75, 3.05) is 5.32 Å². The maximum absolute atomic E-state index is 11.9. The Bertz CT molecular complexity index is 454. The lowest BCUT2D eigenvalue weighted by atomic mass is 10.2. The quantitative estimate of drug-likeness (QED) is 0.823. The van der Waals surface area contributed by atoms with Crippen LogP contribution in [0.15, 0.2) is 23.6 Å². The van der Waals surface area contributed by atoms with Crippen LogP contribution in [-0.2, 0) is 0 Å². The summed E-state index contributed by atoms with van der Waals surface area (Å²) in [4.78, 5) is 11.9. The molecule has 0 aromatic carbocycles. The summed E-state index contributed by atoms with van der Waals surface area (Å²) in [6, 6.07) is 0.167. The van der Waals surface area contributed by atoms with Gasteiger partial charge in [-0.1, -0.05) is 17.7 Å². The van der Waals surface area contributed by atoms with E-state index in [0.29, 0.717) is 5.69 Å². The first-order chi connectivity index (χ1) is 7.97. The van der Waals surface area contributed by atoms with Crippen LogP contribution in [0.5, 0.6) is 0 Å². The summed E-state index contributed by atoms with van der Waals surface area (Å²) in [6.07, 6.45) is 4.20. The molecular formula is C12H18ClN3O. The third-order valence-electron chi connectivity index (χ3n) is 2.35. The average Bonchev–Trinajstić information content (AvgIpc) is 2.25. The highest BCUT2D eigenvalue weighted by molar-refractivity contribution is 6.32. The molecule has 0 fully saturated rings. The van der Waals surface area contributed by atoms with Crippen molar-refractivity contribution in [1.29, 1.82) is 0 Å². The van der Waals surface area contributed by atoms with E-state index in [0.717, 1.165) is 6.42 Å². The zero-order valence-electron chi connectivity index (χ0n) is 10.4. The first-order valence-electron chi connectivity index (χ1n) is 5.62. The van der Waals surface area contributed by atoms with Gasteiger partial charge in [0.25, 0.3) is 5.56 Å². The molecule has 0 aliphatic carbocycles. The Morgan fingerprint density at radius 1 is 1.59 bits per heavy atom. The van der Waals surface area contributed by atoms with Crippen molar-refractivity contribution in [1.82, 2.24) is 9.78 Å². The van der Waals surface area contributed by atoms with E-state index in [-0.39, 0.29) is 22.7 Å². The van der Waals surface area contributed by atoms with Gasteiger partial charge in [0, 0.05) is 6.04 Å². The minimum absolute atomic E-state index is 0.000325. The smallest absolute Gasteiger partial charge is 0.287 e. The first-order valence-corrected chi connectivity index (χ1v) is 6.00. The van der Waals surface area contributed by atoms with Crippen molar-refractivity contribution in [2.45, 2.75) is 39.3 Å². The van der Waals surface area contributed by atoms with Crippen molar-refractivity contribution < 1.29 is 0 Å². The van der Waals surface area contributed by atoms with Crippen molar-refractivity contribution in [2.24, 2.45) is 0 Å². The van der Waals surface area contributed by atoms with E-state index in [1.165, 1.54) is 4.68 Å². The molecule has 4 nitrogen and oxygen atoms in total. The van der Waals surface area contributed by atoms with Crippen LogP contribution in [0.3, 0.4) is 0 Å². The number of nitrogens with zero attached hydrogens (tertiary/aromatic N) is 2. The zero-order valence-corrected chi connectivity index (χ0v) is 11.2. The largest absolute Gasteiger partial charge is 0.380 e. The molecule has 1 N–H and O–H groups in total. The fourth-order valence-electron chi connectivity index (χ4n) is 1.49. The molecule has 0 bridgehead atoms. The Hall–Kier alpha value is -1.29. The standard InChI is InChI=1S/C12H18ClN3O/c1-5-6-9(4)15-10-7-14-16(8(2)3)12(17)11(10)13/h5,7-9,15H,1,6H2,2-4H3. The highest BCUT2D eigenvalue weighted by Crippen LogP contribution is 2.18. The fourth-order valence-corrected chi connectivity index (χ4v) is 1.68. The highest BCUT2D eigenvalue weighted by Gasteiger charge is 2.12. The summed E-state index contributed by atoms with van der Waals surface area (Å²) in [7, 11) is 0. The predicted octanol–water partition coefficient (Wildman–Crippen LogP) is 2.85. The molecule has 0 aliphatic rings. The second-order valence-electron chi connectivity index (χ2n) is 4.29. The van der Waals surface area contributed by atoms with E-state index in [9.17, 15) is 4.79 Å². The number of hydrogen-bond acceptors (Lipinski definition) is 3. The molecule has 1 atom stereocenters. The minimum atomic E-state index is -0.266. The van der Waals surface area contributed by atoms with E-state index < -0.39 is 0 Å². The molecule has 1 heterocycles. The van der Waals surface area contributed by atoms with Crippen LogP contribution in [0.25, 0.3) is 0 Å².